The van der Waals surface area contributed by atoms with Gasteiger partial charge in [0.2, 0.25) is 4.80 Å². The Morgan fingerprint density at radius 3 is 2.59 bits per heavy atom. The van der Waals surface area contributed by atoms with Gasteiger partial charge in [-0.2, -0.15) is 10.2 Å². The average molecular weight is 375 g/mol. The fourth-order valence-electron chi connectivity index (χ4n) is 2.77. The maximum Gasteiger partial charge on any atom is 0.233 e. The van der Waals surface area contributed by atoms with Gasteiger partial charge in [0.05, 0.1) is 11.4 Å². The number of nitrogens with zero attached hydrogens (tertiary/aromatic N) is 4. The summed E-state index contributed by atoms with van der Waals surface area (Å²) in [7, 11) is 0. The maximum atomic E-state index is 11.8. The maximum absolute atomic E-state index is 11.8. The van der Waals surface area contributed by atoms with Crippen LogP contribution in [0.2, 0.25) is 0 Å². The molecule has 7 heteroatoms. The molecule has 6 nitrogen and oxygen atoms in total. The zero-order valence-electron chi connectivity index (χ0n) is 14.9. The van der Waals surface area contributed by atoms with Crippen LogP contribution >= 0.6 is 11.3 Å². The molecule has 27 heavy (non-hydrogen) atoms. The van der Waals surface area contributed by atoms with Gasteiger partial charge in [-0.1, -0.05) is 47.7 Å². The van der Waals surface area contributed by atoms with Crippen molar-refractivity contribution >= 4 is 33.7 Å². The highest BCUT2D eigenvalue weighted by Crippen LogP contribution is 2.18. The van der Waals surface area contributed by atoms with E-state index < -0.39 is 0 Å². The van der Waals surface area contributed by atoms with Crippen LogP contribution in [-0.2, 0) is 0 Å². The summed E-state index contributed by atoms with van der Waals surface area (Å²) >= 11 is 1.23. The normalized spacial score (nSPS) is 12.7. The van der Waals surface area contributed by atoms with Crippen LogP contribution in [0.4, 0.5) is 0 Å². The number of H-pyrrole nitrogens is 1. The largest absolute Gasteiger partial charge is 0.360 e. The lowest BCUT2D eigenvalue weighted by Crippen LogP contribution is -2.14. The van der Waals surface area contributed by atoms with Crippen LogP contribution in [0.5, 0.6) is 0 Å². The molecule has 1 N–H and O–H groups in total. The molecule has 0 aliphatic rings. The van der Waals surface area contributed by atoms with Gasteiger partial charge in [0.15, 0.2) is 10.8 Å². The number of hydrogen-bond donors (Lipinski definition) is 1. The Hall–Kier alpha value is -3.32. The Morgan fingerprint density at radius 1 is 1.07 bits per heavy atom. The van der Waals surface area contributed by atoms with E-state index in [4.69, 9.17) is 0 Å². The minimum absolute atomic E-state index is 0.0940. The smallest absolute Gasteiger partial charge is 0.233 e. The summed E-state index contributed by atoms with van der Waals surface area (Å²) in [5.74, 6) is -0.0940. The summed E-state index contributed by atoms with van der Waals surface area (Å²) in [4.78, 5) is 15.6. The lowest BCUT2D eigenvalue weighted by atomic mass is 10.1. The van der Waals surface area contributed by atoms with Crippen molar-refractivity contribution in [3.05, 3.63) is 76.2 Å². The topological polar surface area (TPSA) is 75.4 Å². The molecule has 0 radical (unpaired) electrons. The average Bonchev–Trinajstić information content (AvgIpc) is 3.31. The highest BCUT2D eigenvalue weighted by molar-refractivity contribution is 7.10. The van der Waals surface area contributed by atoms with Crippen molar-refractivity contribution in [1.82, 2.24) is 14.8 Å². The second-order valence-corrected chi connectivity index (χ2v) is 6.98. The number of rotatable bonds is 4. The van der Waals surface area contributed by atoms with Crippen molar-refractivity contribution in [3.63, 3.8) is 0 Å². The van der Waals surface area contributed by atoms with E-state index in [2.05, 4.69) is 20.3 Å². The van der Waals surface area contributed by atoms with Crippen molar-refractivity contribution < 1.29 is 4.79 Å². The summed E-state index contributed by atoms with van der Waals surface area (Å²) in [6.07, 6.45) is 1.93. The number of benzene rings is 2. The molecule has 0 amide bonds. The molecule has 0 unspecified atom stereocenters. The minimum atomic E-state index is -0.0940. The molecule has 0 fully saturated rings. The monoisotopic (exact) mass is 375 g/mol. The van der Waals surface area contributed by atoms with Gasteiger partial charge in [0.1, 0.15) is 0 Å². The van der Waals surface area contributed by atoms with Gasteiger partial charge >= 0.3 is 0 Å². The number of aromatic nitrogens is 3. The van der Waals surface area contributed by atoms with Crippen LogP contribution < -0.4 is 4.80 Å². The first-order valence-corrected chi connectivity index (χ1v) is 9.26. The molecule has 2 aromatic carbocycles. The van der Waals surface area contributed by atoms with Crippen LogP contribution in [0.25, 0.3) is 16.6 Å². The first-order valence-electron chi connectivity index (χ1n) is 8.45. The predicted molar refractivity (Wildman–Crippen MR) is 108 cm³/mol. The summed E-state index contributed by atoms with van der Waals surface area (Å²) in [5.41, 5.74) is 3.67. The molecule has 4 aromatic rings. The SMILES string of the molecule is CC(=O)c1nn(-c2ccccc2)/c(=N/N=C(/C)c2c[nH]c3ccccc23)s1. The van der Waals surface area contributed by atoms with E-state index in [0.717, 1.165) is 27.9 Å². The summed E-state index contributed by atoms with van der Waals surface area (Å²) < 4.78 is 1.65. The predicted octanol–water partition coefficient (Wildman–Crippen LogP) is 3.94. The number of Topliss-reactive ketones (excluding diaryl/α,β-unsaturated/α-hetero) is 1. The second-order valence-electron chi connectivity index (χ2n) is 6.03. The van der Waals surface area contributed by atoms with Gasteiger partial charge in [0, 0.05) is 29.6 Å². The highest BCUT2D eigenvalue weighted by Gasteiger charge is 2.11. The molecule has 2 heterocycles. The van der Waals surface area contributed by atoms with Gasteiger partial charge in [-0.15, -0.1) is 5.10 Å². The Balaban J connectivity index is 1.81. The zero-order valence-corrected chi connectivity index (χ0v) is 15.7. The molecule has 0 atom stereocenters. The third kappa shape index (κ3) is 3.37. The summed E-state index contributed by atoms with van der Waals surface area (Å²) in [6.45, 7) is 3.41. The highest BCUT2D eigenvalue weighted by atomic mass is 32.1. The van der Waals surface area contributed by atoms with Crippen molar-refractivity contribution in [2.24, 2.45) is 10.2 Å². The molecule has 0 spiro atoms. The van der Waals surface area contributed by atoms with E-state index >= 15 is 0 Å². The third-order valence-electron chi connectivity index (χ3n) is 4.13. The number of aromatic amines is 1. The molecule has 4 rings (SSSR count). The lowest BCUT2D eigenvalue weighted by molar-refractivity contribution is 0.101. The first-order chi connectivity index (χ1) is 13.1. The number of fused-ring (bicyclic) bond motifs is 1. The van der Waals surface area contributed by atoms with Gasteiger partial charge in [0.25, 0.3) is 0 Å². The molecule has 2 aromatic heterocycles. The fourth-order valence-corrected chi connectivity index (χ4v) is 3.52. The van der Waals surface area contributed by atoms with Crippen molar-refractivity contribution in [3.8, 4) is 5.69 Å². The Bertz CT molecular complexity index is 1210. The van der Waals surface area contributed by atoms with Crippen LogP contribution in [0, 0.1) is 0 Å². The Labute approximate surface area is 159 Å². The molecular weight excluding hydrogens is 358 g/mol. The van der Waals surface area contributed by atoms with E-state index in [1.165, 1.54) is 18.3 Å². The lowest BCUT2D eigenvalue weighted by Gasteiger charge is -1.99. The van der Waals surface area contributed by atoms with Crippen LogP contribution in [-0.4, -0.2) is 26.3 Å². The second kappa shape index (κ2) is 7.13. The minimum Gasteiger partial charge on any atom is -0.360 e. The van der Waals surface area contributed by atoms with Crippen molar-refractivity contribution in [1.29, 1.82) is 0 Å². The molecule has 0 aliphatic carbocycles. The Kier molecular flexibility index (Phi) is 4.52. The van der Waals surface area contributed by atoms with Crippen LogP contribution in [0.3, 0.4) is 0 Å². The summed E-state index contributed by atoms with van der Waals surface area (Å²) in [5, 5.41) is 14.7. The standard InChI is InChI=1S/C20H17N5OS/c1-13(17-12-21-18-11-7-6-10-16(17)18)22-23-20-25(15-8-4-3-5-9-15)24-19(27-20)14(2)26/h3-12,21H,1-2H3/b22-13-,23-20-. The molecule has 0 aliphatic heterocycles. The Morgan fingerprint density at radius 2 is 1.81 bits per heavy atom. The van der Waals surface area contributed by atoms with E-state index in [0.29, 0.717) is 9.81 Å². The van der Waals surface area contributed by atoms with Crippen molar-refractivity contribution in [2.75, 3.05) is 0 Å². The molecular formula is C20H17N5OS. The van der Waals surface area contributed by atoms with Crippen LogP contribution in [0.15, 0.2) is 71.0 Å². The van der Waals surface area contributed by atoms with E-state index in [1.807, 2.05) is 67.7 Å². The quantitative estimate of drug-likeness (QED) is 0.333. The molecule has 0 saturated carbocycles. The summed E-state index contributed by atoms with van der Waals surface area (Å²) in [6, 6.07) is 17.6. The van der Waals surface area contributed by atoms with Crippen molar-refractivity contribution in [2.45, 2.75) is 13.8 Å². The number of carbonyl (C=O) groups is 1. The number of hydrogen-bond acceptors (Lipinski definition) is 5. The van der Waals surface area contributed by atoms with Gasteiger partial charge < -0.3 is 4.98 Å². The first kappa shape index (κ1) is 17.1. The van der Waals surface area contributed by atoms with Crippen LogP contribution in [0.1, 0.15) is 29.2 Å². The number of nitrogens with one attached hydrogen (secondary N) is 1. The number of carbonyl (C=O) groups excluding carboxylic acids is 1. The van der Waals surface area contributed by atoms with Gasteiger partial charge in [-0.3, -0.25) is 4.79 Å². The van der Waals surface area contributed by atoms with E-state index in [1.54, 1.807) is 4.68 Å². The fraction of sp³-hybridized carbons (Fsp3) is 0.100. The number of para-hydroxylation sites is 2. The molecule has 134 valence electrons. The zero-order chi connectivity index (χ0) is 18.8. The third-order valence-corrected chi connectivity index (χ3v) is 5.13. The number of ketones is 1. The molecule has 0 bridgehead atoms. The molecule has 0 saturated heterocycles. The van der Waals surface area contributed by atoms with Gasteiger partial charge in [-0.05, 0) is 25.1 Å². The van der Waals surface area contributed by atoms with Gasteiger partial charge in [-0.25, -0.2) is 4.68 Å². The van der Waals surface area contributed by atoms with E-state index in [-0.39, 0.29) is 5.78 Å². The van der Waals surface area contributed by atoms with E-state index in [9.17, 15) is 4.79 Å².